The topological polar surface area (TPSA) is 0 Å². The van der Waals surface area contributed by atoms with Gasteiger partial charge in [0.2, 0.25) is 0 Å². The fourth-order valence-electron chi connectivity index (χ4n) is 0.841. The lowest BCUT2D eigenvalue weighted by molar-refractivity contribution is -0.0324. The molecule has 0 spiro atoms. The Hall–Kier alpha value is -1.27. The third-order valence-corrected chi connectivity index (χ3v) is 1.57. The maximum atomic E-state index is 12.7. The molecule has 0 fully saturated rings. The monoisotopic (exact) mass is 231 g/mol. The Morgan fingerprint density at radius 3 is 1.93 bits per heavy atom. The normalized spacial score (nSPS) is 11.9. The van der Waals surface area contributed by atoms with Gasteiger partial charge in [0.15, 0.2) is 29.9 Å². The van der Waals surface area contributed by atoms with Crippen LogP contribution in [0.3, 0.4) is 0 Å². The largest absolute Gasteiger partial charge is 0.304 e. The van der Waals surface area contributed by atoms with Gasteiger partial charge in [-0.25, -0.2) is 22.0 Å². The number of halogens is 7. The summed E-state index contributed by atoms with van der Waals surface area (Å²) < 4.78 is 86.6. The number of rotatable bonds is 2. The van der Waals surface area contributed by atoms with Gasteiger partial charge in [-0.3, -0.25) is 0 Å². The summed E-state index contributed by atoms with van der Waals surface area (Å²) in [6.45, 7) is -2.37. The predicted octanol–water partition coefficient (Wildman–Crippen LogP) is 3.10. The molecule has 0 aliphatic heterocycles. The molecule has 0 aliphatic rings. The van der Waals surface area contributed by atoms with Crippen LogP contribution in [0.25, 0.3) is 0 Å². The van der Waals surface area contributed by atoms with Gasteiger partial charge in [-0.05, 0) is 0 Å². The van der Waals surface area contributed by atoms with Crippen LogP contribution >= 0.6 is 0 Å². The molecule has 0 aliphatic carbocycles. The van der Waals surface area contributed by atoms with Gasteiger partial charge in [-0.1, -0.05) is 0 Å². The number of hydrogen-bond acceptors (Lipinski definition) is 0. The van der Waals surface area contributed by atoms with Crippen molar-refractivity contribution in [1.29, 1.82) is 0 Å². The molecular formula is C8H2F7. The lowest BCUT2D eigenvalue weighted by Gasteiger charge is -2.13. The average molecular weight is 231 g/mol. The van der Waals surface area contributed by atoms with Crippen molar-refractivity contribution < 1.29 is 30.7 Å². The van der Waals surface area contributed by atoms with E-state index in [0.29, 0.717) is 0 Å². The van der Waals surface area contributed by atoms with E-state index in [1.165, 1.54) is 0 Å². The molecule has 1 aromatic carbocycles. The smallest absolute Gasteiger partial charge is 0.244 e. The minimum atomic E-state index is -4.44. The van der Waals surface area contributed by atoms with Gasteiger partial charge in [0.1, 0.15) is 0 Å². The highest BCUT2D eigenvalue weighted by atomic mass is 19.3. The Labute approximate surface area is 79.3 Å². The van der Waals surface area contributed by atoms with E-state index in [1.54, 1.807) is 0 Å². The van der Waals surface area contributed by atoms with Crippen LogP contribution in [0.15, 0.2) is 0 Å². The summed E-state index contributed by atoms with van der Waals surface area (Å²) in [7, 11) is 0. The van der Waals surface area contributed by atoms with Crippen molar-refractivity contribution in [2.24, 2.45) is 0 Å². The lowest BCUT2D eigenvalue weighted by atomic mass is 10.1. The van der Waals surface area contributed by atoms with E-state index in [9.17, 15) is 30.7 Å². The lowest BCUT2D eigenvalue weighted by Crippen LogP contribution is -2.20. The van der Waals surface area contributed by atoms with Crippen molar-refractivity contribution in [3.8, 4) is 0 Å². The molecule has 0 saturated heterocycles. The van der Waals surface area contributed by atoms with E-state index >= 15 is 0 Å². The molecule has 0 heterocycles. The summed E-state index contributed by atoms with van der Waals surface area (Å²) in [6.07, 6.45) is 0. The van der Waals surface area contributed by atoms with Crippen LogP contribution in [0, 0.1) is 29.3 Å². The quantitative estimate of drug-likeness (QED) is 0.416. The summed E-state index contributed by atoms with van der Waals surface area (Å²) in [5.74, 6) is -13.6. The zero-order valence-electron chi connectivity index (χ0n) is 6.85. The summed E-state index contributed by atoms with van der Waals surface area (Å²) >= 11 is 0. The summed E-state index contributed by atoms with van der Waals surface area (Å²) in [5, 5.41) is 0. The van der Waals surface area contributed by atoms with Gasteiger partial charge in [0.05, 0.1) is 5.56 Å². The second-order valence-electron chi connectivity index (χ2n) is 2.59. The van der Waals surface area contributed by atoms with Crippen molar-refractivity contribution in [3.63, 3.8) is 0 Å². The highest BCUT2D eigenvalue weighted by molar-refractivity contribution is 5.24. The van der Waals surface area contributed by atoms with Crippen molar-refractivity contribution in [1.82, 2.24) is 0 Å². The van der Waals surface area contributed by atoms with Crippen molar-refractivity contribution in [2.75, 3.05) is 6.67 Å². The first-order valence-corrected chi connectivity index (χ1v) is 3.50. The van der Waals surface area contributed by atoms with Gasteiger partial charge in [-0.2, -0.15) is 8.78 Å². The molecular weight excluding hydrogens is 229 g/mol. The van der Waals surface area contributed by atoms with Crippen molar-refractivity contribution in [3.05, 3.63) is 34.9 Å². The van der Waals surface area contributed by atoms with Gasteiger partial charge in [-0.15, -0.1) is 0 Å². The molecule has 0 aromatic heterocycles. The summed E-state index contributed by atoms with van der Waals surface area (Å²) in [6, 6.07) is 0.929. The molecule has 0 amide bonds. The third-order valence-electron chi connectivity index (χ3n) is 1.57. The molecule has 1 radical (unpaired) electrons. The van der Waals surface area contributed by atoms with E-state index in [4.69, 9.17) is 0 Å². The van der Waals surface area contributed by atoms with Gasteiger partial charge >= 0.3 is 5.92 Å². The second-order valence-corrected chi connectivity index (χ2v) is 2.59. The van der Waals surface area contributed by atoms with E-state index in [2.05, 4.69) is 0 Å². The molecule has 0 saturated carbocycles. The molecule has 7 heteroatoms. The zero-order valence-corrected chi connectivity index (χ0v) is 6.85. The van der Waals surface area contributed by atoms with E-state index in [-0.39, 0.29) is 0 Å². The Morgan fingerprint density at radius 1 is 0.933 bits per heavy atom. The molecule has 0 bridgehead atoms. The van der Waals surface area contributed by atoms with Crippen LogP contribution < -0.4 is 0 Å². The Bertz CT molecular complexity index is 385. The maximum Gasteiger partial charge on any atom is 0.304 e. The fourth-order valence-corrected chi connectivity index (χ4v) is 0.841. The van der Waals surface area contributed by atoms with E-state index in [1.807, 2.05) is 0 Å². The predicted molar refractivity (Wildman–Crippen MR) is 35.0 cm³/mol. The number of hydrogen-bond donors (Lipinski definition) is 0. The summed E-state index contributed by atoms with van der Waals surface area (Å²) in [4.78, 5) is 0. The minimum absolute atomic E-state index is 0.929. The minimum Gasteiger partial charge on any atom is -0.244 e. The van der Waals surface area contributed by atoms with Gasteiger partial charge in [0.25, 0.3) is 0 Å². The van der Waals surface area contributed by atoms with Gasteiger partial charge < -0.3 is 0 Å². The maximum absolute atomic E-state index is 12.7. The first-order valence-electron chi connectivity index (χ1n) is 3.50. The molecule has 15 heavy (non-hydrogen) atoms. The second kappa shape index (κ2) is 3.71. The van der Waals surface area contributed by atoms with Crippen LogP contribution in [0.5, 0.6) is 0 Å². The molecule has 0 N–H and O–H groups in total. The van der Waals surface area contributed by atoms with Crippen LogP contribution in [0.2, 0.25) is 0 Å². The third kappa shape index (κ3) is 1.91. The van der Waals surface area contributed by atoms with Crippen LogP contribution in [-0.2, 0) is 5.92 Å². The highest BCUT2D eigenvalue weighted by Gasteiger charge is 2.38. The van der Waals surface area contributed by atoms with Gasteiger partial charge in [0, 0.05) is 6.07 Å². The van der Waals surface area contributed by atoms with Crippen LogP contribution in [0.1, 0.15) is 5.56 Å². The summed E-state index contributed by atoms with van der Waals surface area (Å²) in [5.41, 5.74) is -1.97. The number of alkyl halides is 3. The highest BCUT2D eigenvalue weighted by Crippen LogP contribution is 2.32. The van der Waals surface area contributed by atoms with E-state index < -0.39 is 41.4 Å². The zero-order chi connectivity index (χ0) is 11.8. The van der Waals surface area contributed by atoms with Crippen molar-refractivity contribution in [2.45, 2.75) is 5.92 Å². The molecule has 83 valence electrons. The first-order chi connectivity index (χ1) is 6.81. The Kier molecular flexibility index (Phi) is 2.92. The Morgan fingerprint density at radius 2 is 1.47 bits per heavy atom. The first kappa shape index (κ1) is 11.8. The Balaban J connectivity index is 3.45. The van der Waals surface area contributed by atoms with Crippen LogP contribution in [-0.4, -0.2) is 6.67 Å². The number of benzene rings is 1. The molecule has 0 nitrogen and oxygen atoms in total. The fraction of sp³-hybridized carbons (Fsp3) is 0.250. The van der Waals surface area contributed by atoms with E-state index in [0.717, 1.165) is 6.07 Å². The average Bonchev–Trinajstić information content (AvgIpc) is 2.20. The van der Waals surface area contributed by atoms with Crippen LogP contribution in [0.4, 0.5) is 30.7 Å². The molecule has 0 atom stereocenters. The SMILES string of the molecule is FCC(F)(F)c1[c]c(F)c(F)c(F)c1F. The molecule has 1 aromatic rings. The standard InChI is InChI=1S/C8H2F7/c9-2-8(14,15)3-1-4(10)6(12)7(13)5(3)11/h2H2. The van der Waals surface area contributed by atoms with Crippen molar-refractivity contribution >= 4 is 0 Å². The molecule has 0 unspecified atom stereocenters. The molecule has 1 rings (SSSR count).